The molecule has 4 rings (SSSR count). The second kappa shape index (κ2) is 6.43. The molecule has 0 atom stereocenters. The fourth-order valence-electron chi connectivity index (χ4n) is 2.99. The Balaban J connectivity index is 2.10. The van der Waals surface area contributed by atoms with Crippen molar-refractivity contribution in [3.63, 3.8) is 0 Å². The number of aromatic amines is 1. The molecule has 0 aliphatic heterocycles. The van der Waals surface area contributed by atoms with Gasteiger partial charge in [-0.3, -0.25) is 9.67 Å². The Labute approximate surface area is 162 Å². The summed E-state index contributed by atoms with van der Waals surface area (Å²) in [6.45, 7) is 0. The monoisotopic (exact) mass is 429 g/mol. The minimum absolute atomic E-state index is 0.163. The number of esters is 1. The van der Waals surface area contributed by atoms with Gasteiger partial charge in [-0.2, -0.15) is 31.4 Å². The summed E-state index contributed by atoms with van der Waals surface area (Å²) in [5.74, 6) is -2.38. The zero-order valence-corrected chi connectivity index (χ0v) is 14.8. The van der Waals surface area contributed by atoms with Crippen molar-refractivity contribution in [2.45, 2.75) is 12.4 Å². The molecule has 0 unspecified atom stereocenters. The fraction of sp³-hybridized carbons (Fsp3) is 0.176. The molecule has 0 aliphatic rings. The third-order valence-corrected chi connectivity index (χ3v) is 4.25. The molecule has 156 valence electrons. The van der Waals surface area contributed by atoms with E-state index in [-0.39, 0.29) is 22.2 Å². The Kier molecular flexibility index (Phi) is 4.22. The summed E-state index contributed by atoms with van der Waals surface area (Å²) in [6, 6.07) is 3.59. The summed E-state index contributed by atoms with van der Waals surface area (Å²) in [5.41, 5.74) is -2.72. The van der Waals surface area contributed by atoms with Crippen molar-refractivity contribution in [3.05, 3.63) is 47.5 Å². The highest BCUT2D eigenvalue weighted by molar-refractivity contribution is 6.03. The van der Waals surface area contributed by atoms with Crippen LogP contribution in [0.3, 0.4) is 0 Å². The van der Waals surface area contributed by atoms with E-state index in [2.05, 4.69) is 24.9 Å². The van der Waals surface area contributed by atoms with Crippen molar-refractivity contribution in [1.82, 2.24) is 24.7 Å². The number of fused-ring (bicyclic) bond motifs is 2. The van der Waals surface area contributed by atoms with Gasteiger partial charge in [0, 0.05) is 5.39 Å². The maximum atomic E-state index is 13.6. The van der Waals surface area contributed by atoms with Crippen molar-refractivity contribution < 1.29 is 35.9 Å². The first-order valence-corrected chi connectivity index (χ1v) is 8.10. The van der Waals surface area contributed by atoms with Gasteiger partial charge < -0.3 is 4.74 Å². The number of aromatic nitrogens is 5. The Morgan fingerprint density at radius 1 is 1.07 bits per heavy atom. The number of pyridine rings is 1. The van der Waals surface area contributed by atoms with Crippen molar-refractivity contribution in [3.8, 4) is 5.69 Å². The molecule has 0 radical (unpaired) electrons. The van der Waals surface area contributed by atoms with Crippen LogP contribution in [0.25, 0.3) is 27.8 Å². The van der Waals surface area contributed by atoms with Crippen LogP contribution in [0.5, 0.6) is 0 Å². The van der Waals surface area contributed by atoms with Crippen molar-refractivity contribution in [2.75, 3.05) is 7.11 Å². The van der Waals surface area contributed by atoms with Crippen LogP contribution in [0.4, 0.5) is 26.3 Å². The normalized spacial score (nSPS) is 12.6. The molecule has 0 bridgehead atoms. The number of hydrogen-bond donors (Lipinski definition) is 1. The first-order valence-electron chi connectivity index (χ1n) is 8.10. The number of H-pyrrole nitrogens is 1. The summed E-state index contributed by atoms with van der Waals surface area (Å²) in [7, 11) is 1.07. The lowest BCUT2D eigenvalue weighted by atomic mass is 10.1. The molecule has 4 aromatic rings. The molecule has 0 amide bonds. The molecule has 0 fully saturated rings. The highest BCUT2D eigenvalue weighted by Crippen LogP contribution is 2.36. The Bertz CT molecular complexity index is 1290. The number of hydrogen-bond acceptors (Lipinski definition) is 5. The molecule has 13 heteroatoms. The fourth-order valence-corrected chi connectivity index (χ4v) is 2.99. The SMILES string of the molecule is COC(=O)c1cc(-n2c(C(F)(F)F)nc3ccc(C(F)(F)F)nc32)cc2cn[nH]c12. The summed E-state index contributed by atoms with van der Waals surface area (Å²) in [6.07, 6.45) is -8.66. The average molecular weight is 429 g/mol. The second-order valence-corrected chi connectivity index (χ2v) is 6.12. The van der Waals surface area contributed by atoms with E-state index in [1.807, 2.05) is 0 Å². The van der Waals surface area contributed by atoms with Crippen molar-refractivity contribution in [1.29, 1.82) is 0 Å². The first-order chi connectivity index (χ1) is 14.0. The Hall–Kier alpha value is -3.64. The third-order valence-electron chi connectivity index (χ3n) is 4.25. The number of alkyl halides is 6. The molecule has 0 spiro atoms. The topological polar surface area (TPSA) is 85.7 Å². The van der Waals surface area contributed by atoms with E-state index in [0.717, 1.165) is 19.2 Å². The number of carbonyl (C=O) groups is 1. The van der Waals surface area contributed by atoms with Gasteiger partial charge in [0.1, 0.15) is 11.2 Å². The zero-order valence-electron chi connectivity index (χ0n) is 14.8. The van der Waals surface area contributed by atoms with Crippen LogP contribution < -0.4 is 0 Å². The lowest BCUT2D eigenvalue weighted by molar-refractivity contribution is -0.145. The molecule has 30 heavy (non-hydrogen) atoms. The molecule has 1 N–H and O–H groups in total. The van der Waals surface area contributed by atoms with E-state index >= 15 is 0 Å². The van der Waals surface area contributed by atoms with Crippen LogP contribution in [0.15, 0.2) is 30.5 Å². The standard InChI is InChI=1S/C17H9F6N5O2/c1-30-14(29)9-5-8(4-7-6-24-27-12(7)9)28-13-10(25-15(28)17(21,22)23)2-3-11(26-13)16(18,19)20/h2-6H,1H3,(H,24,27). The summed E-state index contributed by atoms with van der Waals surface area (Å²) < 4.78 is 85.2. The molecular weight excluding hydrogens is 420 g/mol. The number of rotatable bonds is 2. The van der Waals surface area contributed by atoms with Crippen LogP contribution in [0.1, 0.15) is 21.9 Å². The van der Waals surface area contributed by atoms with Gasteiger partial charge >= 0.3 is 18.3 Å². The van der Waals surface area contributed by atoms with E-state index in [0.29, 0.717) is 10.6 Å². The van der Waals surface area contributed by atoms with Gasteiger partial charge in [0.05, 0.1) is 30.1 Å². The number of halogens is 6. The van der Waals surface area contributed by atoms with E-state index in [4.69, 9.17) is 0 Å². The molecule has 3 aromatic heterocycles. The second-order valence-electron chi connectivity index (χ2n) is 6.12. The summed E-state index contributed by atoms with van der Waals surface area (Å²) >= 11 is 0. The van der Waals surface area contributed by atoms with Crippen LogP contribution in [0.2, 0.25) is 0 Å². The van der Waals surface area contributed by atoms with E-state index in [9.17, 15) is 31.1 Å². The molecule has 0 saturated carbocycles. The molecule has 0 saturated heterocycles. The third kappa shape index (κ3) is 3.11. The molecule has 3 heterocycles. The Morgan fingerprint density at radius 2 is 1.80 bits per heavy atom. The Morgan fingerprint density at radius 3 is 2.43 bits per heavy atom. The highest BCUT2D eigenvalue weighted by Gasteiger charge is 2.40. The van der Waals surface area contributed by atoms with Gasteiger partial charge in [0.25, 0.3) is 0 Å². The lowest BCUT2D eigenvalue weighted by Gasteiger charge is -2.13. The van der Waals surface area contributed by atoms with Gasteiger partial charge in [-0.05, 0) is 24.3 Å². The van der Waals surface area contributed by atoms with Crippen molar-refractivity contribution in [2.24, 2.45) is 0 Å². The van der Waals surface area contributed by atoms with E-state index < -0.39 is 41.0 Å². The number of ether oxygens (including phenoxy) is 1. The predicted octanol–water partition coefficient (Wildman–Crippen LogP) is 4.12. The maximum absolute atomic E-state index is 13.6. The quantitative estimate of drug-likeness (QED) is 0.383. The predicted molar refractivity (Wildman–Crippen MR) is 89.9 cm³/mol. The summed E-state index contributed by atoms with van der Waals surface area (Å²) in [4.78, 5) is 18.9. The average Bonchev–Trinajstić information content (AvgIpc) is 3.29. The van der Waals surface area contributed by atoms with Gasteiger partial charge in [-0.25, -0.2) is 14.8 Å². The minimum atomic E-state index is -5.02. The van der Waals surface area contributed by atoms with Gasteiger partial charge in [-0.1, -0.05) is 0 Å². The molecule has 1 aromatic carbocycles. The zero-order chi connectivity index (χ0) is 21.8. The highest BCUT2D eigenvalue weighted by atomic mass is 19.4. The largest absolute Gasteiger partial charge is 0.465 e. The van der Waals surface area contributed by atoms with Gasteiger partial charge in [-0.15, -0.1) is 0 Å². The summed E-state index contributed by atoms with van der Waals surface area (Å²) in [5, 5.41) is 6.49. The van der Waals surface area contributed by atoms with E-state index in [1.54, 1.807) is 0 Å². The number of benzene rings is 1. The molecule has 7 nitrogen and oxygen atoms in total. The molecule has 0 aliphatic carbocycles. The number of carbonyl (C=O) groups excluding carboxylic acids is 1. The van der Waals surface area contributed by atoms with E-state index in [1.165, 1.54) is 12.3 Å². The van der Waals surface area contributed by atoms with Crippen LogP contribution in [0, 0.1) is 0 Å². The van der Waals surface area contributed by atoms with Crippen LogP contribution in [-0.4, -0.2) is 37.8 Å². The minimum Gasteiger partial charge on any atom is -0.465 e. The van der Waals surface area contributed by atoms with Crippen LogP contribution in [-0.2, 0) is 17.1 Å². The van der Waals surface area contributed by atoms with Crippen molar-refractivity contribution >= 4 is 28.0 Å². The number of nitrogens with one attached hydrogen (secondary N) is 1. The lowest BCUT2D eigenvalue weighted by Crippen LogP contribution is -2.15. The number of methoxy groups -OCH3 is 1. The number of nitrogens with zero attached hydrogens (tertiary/aromatic N) is 4. The van der Waals surface area contributed by atoms with Gasteiger partial charge in [0.15, 0.2) is 5.65 Å². The van der Waals surface area contributed by atoms with Gasteiger partial charge in [0.2, 0.25) is 5.82 Å². The molecular formula is C17H9F6N5O2. The maximum Gasteiger partial charge on any atom is 0.450 e. The smallest absolute Gasteiger partial charge is 0.450 e. The number of imidazole rings is 1. The van der Waals surface area contributed by atoms with Crippen LogP contribution >= 0.6 is 0 Å². The first kappa shape index (κ1) is 19.7.